The highest BCUT2D eigenvalue weighted by atomic mass is 32.1. The molecule has 0 aliphatic carbocycles. The van der Waals surface area contributed by atoms with E-state index in [0.717, 1.165) is 17.7 Å². The molecular weight excluding hydrogens is 328 g/mol. The predicted octanol–water partition coefficient (Wildman–Crippen LogP) is 3.88. The molecule has 2 heterocycles. The van der Waals surface area contributed by atoms with Gasteiger partial charge in [-0.1, -0.05) is 48.0 Å². The Bertz CT molecular complexity index is 985. The maximum atomic E-state index is 5.98. The van der Waals surface area contributed by atoms with E-state index >= 15 is 0 Å². The van der Waals surface area contributed by atoms with Crippen molar-refractivity contribution >= 4 is 33.9 Å². The number of aryl methyl sites for hydroxylation is 2. The van der Waals surface area contributed by atoms with Crippen LogP contribution in [0.3, 0.4) is 0 Å². The Kier molecular flexibility index (Phi) is 3.81. The number of rotatable bonds is 2. The van der Waals surface area contributed by atoms with Gasteiger partial charge >= 0.3 is 0 Å². The van der Waals surface area contributed by atoms with E-state index in [1.54, 1.807) is 5.01 Å². The van der Waals surface area contributed by atoms with E-state index in [1.807, 2.05) is 0 Å². The third-order valence-electron chi connectivity index (χ3n) is 4.81. The summed E-state index contributed by atoms with van der Waals surface area (Å²) in [6.07, 6.45) is 2.95. The lowest BCUT2D eigenvalue weighted by Crippen LogP contribution is -2.31. The molecule has 0 radical (unpaired) electrons. The van der Waals surface area contributed by atoms with Crippen molar-refractivity contribution in [1.82, 2.24) is 9.58 Å². The molecule has 1 aromatic heterocycles. The molecule has 1 aliphatic heterocycles. The molecule has 0 saturated carbocycles. The number of hydrogen-bond acceptors (Lipinski definition) is 2. The molecule has 126 valence electrons. The number of para-hydroxylation sites is 1. The van der Waals surface area contributed by atoms with Gasteiger partial charge in [0, 0.05) is 36.1 Å². The van der Waals surface area contributed by atoms with Crippen LogP contribution >= 0.6 is 12.2 Å². The van der Waals surface area contributed by atoms with Crippen LogP contribution in [0.15, 0.2) is 59.8 Å². The summed E-state index contributed by atoms with van der Waals surface area (Å²) in [6, 6.07) is 16.8. The largest absolute Gasteiger partial charge is 0.375 e. The molecule has 3 aromatic rings. The van der Waals surface area contributed by atoms with Crippen LogP contribution in [0.4, 0.5) is 0 Å². The number of thiocarbonyl (C=S) groups is 1. The van der Waals surface area contributed by atoms with Gasteiger partial charge in [0.1, 0.15) is 0 Å². The average Bonchev–Trinajstić information content (AvgIpc) is 3.18. The lowest BCUT2D eigenvalue weighted by molar-refractivity contribution is 0.374. The first-order valence-electron chi connectivity index (χ1n) is 8.32. The van der Waals surface area contributed by atoms with Gasteiger partial charge in [-0.15, -0.1) is 0 Å². The van der Waals surface area contributed by atoms with Crippen molar-refractivity contribution in [3.8, 4) is 0 Å². The van der Waals surface area contributed by atoms with Crippen molar-refractivity contribution in [2.24, 2.45) is 17.9 Å². The Labute approximate surface area is 152 Å². The zero-order valence-corrected chi connectivity index (χ0v) is 15.1. The van der Waals surface area contributed by atoms with E-state index < -0.39 is 0 Å². The van der Waals surface area contributed by atoms with Gasteiger partial charge in [-0.3, -0.25) is 0 Å². The molecule has 1 atom stereocenters. The summed E-state index contributed by atoms with van der Waals surface area (Å²) in [6.45, 7) is 2.08. The predicted molar refractivity (Wildman–Crippen MR) is 107 cm³/mol. The van der Waals surface area contributed by atoms with E-state index in [9.17, 15) is 0 Å². The molecule has 0 spiro atoms. The molecule has 2 N–H and O–H groups in total. The van der Waals surface area contributed by atoms with Crippen molar-refractivity contribution in [3.63, 3.8) is 0 Å². The molecule has 25 heavy (non-hydrogen) atoms. The quantitative estimate of drug-likeness (QED) is 0.715. The van der Waals surface area contributed by atoms with Crippen LogP contribution in [0.5, 0.6) is 0 Å². The van der Waals surface area contributed by atoms with E-state index in [1.165, 1.54) is 22.0 Å². The van der Waals surface area contributed by atoms with Crippen molar-refractivity contribution in [3.05, 3.63) is 71.4 Å². The van der Waals surface area contributed by atoms with Crippen LogP contribution in [0.1, 0.15) is 29.2 Å². The fraction of sp³-hybridized carbons (Fsp3) is 0.200. The molecule has 1 unspecified atom stereocenters. The van der Waals surface area contributed by atoms with E-state index in [-0.39, 0.29) is 6.04 Å². The summed E-state index contributed by atoms with van der Waals surface area (Å²) in [5, 5.41) is 8.04. The molecule has 1 aliphatic rings. The minimum Gasteiger partial charge on any atom is -0.375 e. The van der Waals surface area contributed by atoms with Gasteiger partial charge in [0.2, 0.25) is 0 Å². The molecule has 0 saturated heterocycles. The molecule has 0 fully saturated rings. The molecule has 4 rings (SSSR count). The van der Waals surface area contributed by atoms with Gasteiger partial charge in [0.05, 0.1) is 11.8 Å². The number of nitrogens with zero attached hydrogens (tertiary/aromatic N) is 3. The third-order valence-corrected chi connectivity index (χ3v) is 4.99. The highest BCUT2D eigenvalue weighted by Crippen LogP contribution is 2.37. The maximum absolute atomic E-state index is 5.98. The summed E-state index contributed by atoms with van der Waals surface area (Å²) in [5.74, 6) is 0. The molecule has 0 amide bonds. The van der Waals surface area contributed by atoms with Crippen molar-refractivity contribution in [1.29, 1.82) is 0 Å². The van der Waals surface area contributed by atoms with Crippen molar-refractivity contribution in [2.75, 3.05) is 0 Å². The Morgan fingerprint density at radius 3 is 2.60 bits per heavy atom. The highest BCUT2D eigenvalue weighted by Gasteiger charge is 2.32. The molecule has 4 nitrogen and oxygen atoms in total. The zero-order valence-electron chi connectivity index (χ0n) is 14.3. The SMILES string of the molecule is Cc1ccc(C2=NN(C(N)=S)C(c3cn(C)c4ccccc34)C2)cc1. The van der Waals surface area contributed by atoms with Gasteiger partial charge in [-0.2, -0.15) is 5.10 Å². The Morgan fingerprint density at radius 1 is 1.16 bits per heavy atom. The molecular formula is C20H20N4S. The fourth-order valence-electron chi connectivity index (χ4n) is 3.51. The fourth-order valence-corrected chi connectivity index (χ4v) is 3.68. The zero-order chi connectivity index (χ0) is 17.6. The number of fused-ring (bicyclic) bond motifs is 1. The van der Waals surface area contributed by atoms with Crippen LogP contribution in [0.2, 0.25) is 0 Å². The number of hydrazone groups is 1. The Hall–Kier alpha value is -2.66. The number of nitrogens with two attached hydrogens (primary N) is 1. The van der Waals surface area contributed by atoms with Crippen LogP contribution in [0.25, 0.3) is 10.9 Å². The van der Waals surface area contributed by atoms with Gasteiger partial charge in [-0.25, -0.2) is 5.01 Å². The normalized spacial score (nSPS) is 17.1. The van der Waals surface area contributed by atoms with Crippen molar-refractivity contribution in [2.45, 2.75) is 19.4 Å². The van der Waals surface area contributed by atoms with Crippen molar-refractivity contribution < 1.29 is 0 Å². The average molecular weight is 348 g/mol. The van der Waals surface area contributed by atoms with Gasteiger partial charge < -0.3 is 10.3 Å². The molecule has 0 bridgehead atoms. The minimum atomic E-state index is 0.0277. The van der Waals surface area contributed by atoms with Crippen LogP contribution in [-0.2, 0) is 7.05 Å². The van der Waals surface area contributed by atoms with Crippen LogP contribution in [-0.4, -0.2) is 20.4 Å². The Morgan fingerprint density at radius 2 is 1.88 bits per heavy atom. The first kappa shape index (κ1) is 15.8. The lowest BCUT2D eigenvalue weighted by atomic mass is 9.98. The van der Waals surface area contributed by atoms with E-state index in [0.29, 0.717) is 5.11 Å². The highest BCUT2D eigenvalue weighted by molar-refractivity contribution is 7.80. The lowest BCUT2D eigenvalue weighted by Gasteiger charge is -2.21. The third kappa shape index (κ3) is 2.70. The first-order valence-corrected chi connectivity index (χ1v) is 8.72. The second-order valence-corrected chi connectivity index (χ2v) is 6.95. The van der Waals surface area contributed by atoms with Crippen LogP contribution < -0.4 is 5.73 Å². The topological polar surface area (TPSA) is 46.5 Å². The molecule has 2 aromatic carbocycles. The maximum Gasteiger partial charge on any atom is 0.187 e. The minimum absolute atomic E-state index is 0.0277. The summed E-state index contributed by atoms with van der Waals surface area (Å²) in [5.41, 5.74) is 11.8. The van der Waals surface area contributed by atoms with E-state index in [2.05, 4.69) is 73.3 Å². The second-order valence-electron chi connectivity index (χ2n) is 6.53. The number of benzene rings is 2. The van der Waals surface area contributed by atoms with E-state index in [4.69, 9.17) is 23.1 Å². The number of aromatic nitrogens is 1. The smallest absolute Gasteiger partial charge is 0.187 e. The first-order chi connectivity index (χ1) is 12.0. The standard InChI is InChI=1S/C20H20N4S/c1-13-7-9-14(10-8-13)17-11-19(24(22-17)20(21)25)16-12-23(2)18-6-4-3-5-15(16)18/h3-10,12,19H,11H2,1-2H3,(H2,21,25). The summed E-state index contributed by atoms with van der Waals surface area (Å²) < 4.78 is 2.15. The Balaban J connectivity index is 1.77. The molecule has 5 heteroatoms. The number of hydrogen-bond donors (Lipinski definition) is 1. The van der Waals surface area contributed by atoms with Gasteiger partial charge in [-0.05, 0) is 30.8 Å². The summed E-state index contributed by atoms with van der Waals surface area (Å²) >= 11 is 5.28. The van der Waals surface area contributed by atoms with Gasteiger partial charge in [0.25, 0.3) is 0 Å². The van der Waals surface area contributed by atoms with Gasteiger partial charge in [0.15, 0.2) is 5.11 Å². The summed E-state index contributed by atoms with van der Waals surface area (Å²) in [7, 11) is 2.06. The monoisotopic (exact) mass is 348 g/mol. The summed E-state index contributed by atoms with van der Waals surface area (Å²) in [4.78, 5) is 0. The second kappa shape index (κ2) is 6.01. The van der Waals surface area contributed by atoms with Crippen LogP contribution in [0, 0.1) is 6.92 Å².